The van der Waals surface area contributed by atoms with Crippen molar-refractivity contribution < 1.29 is 8.42 Å². The first-order chi connectivity index (χ1) is 9.51. The van der Waals surface area contributed by atoms with Gasteiger partial charge in [-0.2, -0.15) is 0 Å². The van der Waals surface area contributed by atoms with Crippen LogP contribution in [0.2, 0.25) is 0 Å². The Morgan fingerprint density at radius 2 is 2.10 bits per heavy atom. The topological polar surface area (TPSA) is 64.0 Å². The molecule has 0 saturated heterocycles. The number of alkyl halides is 1. The van der Waals surface area contributed by atoms with E-state index in [0.29, 0.717) is 25.3 Å². The van der Waals surface area contributed by atoms with Crippen molar-refractivity contribution in [3.63, 3.8) is 0 Å². The number of rotatable bonds is 7. The van der Waals surface area contributed by atoms with Crippen molar-refractivity contribution in [3.8, 4) is 0 Å². The molecule has 1 aromatic heterocycles. The first-order valence-electron chi connectivity index (χ1n) is 6.46. The summed E-state index contributed by atoms with van der Waals surface area (Å²) in [6, 6.07) is 7.91. The van der Waals surface area contributed by atoms with Gasteiger partial charge >= 0.3 is 0 Å². The zero-order valence-electron chi connectivity index (χ0n) is 11.3. The van der Waals surface area contributed by atoms with Crippen LogP contribution in [0.4, 0.5) is 0 Å². The number of hydrogen-bond donors (Lipinski definition) is 1. The molecule has 0 amide bonds. The van der Waals surface area contributed by atoms with E-state index in [0.717, 1.165) is 23.4 Å². The van der Waals surface area contributed by atoms with E-state index in [-0.39, 0.29) is 0 Å². The third-order valence-electron chi connectivity index (χ3n) is 2.97. The summed E-state index contributed by atoms with van der Waals surface area (Å²) in [4.78, 5) is 4.57. The molecule has 1 heterocycles. The number of sulfonamides is 1. The molecule has 0 bridgehead atoms. The van der Waals surface area contributed by atoms with Crippen LogP contribution in [0, 0.1) is 0 Å². The SMILES string of the molecule is CS(=O)(=O)NCCCn1c(CCCl)nc2ccccc21. The van der Waals surface area contributed by atoms with Gasteiger partial charge in [-0.15, -0.1) is 11.6 Å². The van der Waals surface area contributed by atoms with Crippen LogP contribution < -0.4 is 4.72 Å². The molecule has 1 aromatic carbocycles. The van der Waals surface area contributed by atoms with Gasteiger partial charge in [0.05, 0.1) is 17.3 Å². The van der Waals surface area contributed by atoms with Crippen molar-refractivity contribution in [1.29, 1.82) is 0 Å². The average Bonchev–Trinajstić information content (AvgIpc) is 2.72. The third kappa shape index (κ3) is 3.94. The number of para-hydroxylation sites is 2. The molecule has 2 rings (SSSR count). The van der Waals surface area contributed by atoms with Gasteiger partial charge in [-0.25, -0.2) is 18.1 Å². The lowest BCUT2D eigenvalue weighted by Crippen LogP contribution is -2.24. The third-order valence-corrected chi connectivity index (χ3v) is 3.89. The number of fused-ring (bicyclic) bond motifs is 1. The minimum Gasteiger partial charge on any atom is -0.328 e. The lowest BCUT2D eigenvalue weighted by Gasteiger charge is -2.08. The average molecular weight is 316 g/mol. The van der Waals surface area contributed by atoms with Gasteiger partial charge in [0.25, 0.3) is 0 Å². The Balaban J connectivity index is 2.13. The molecule has 110 valence electrons. The Bertz CT molecular complexity index is 682. The van der Waals surface area contributed by atoms with Crippen LogP contribution in [0.1, 0.15) is 12.2 Å². The predicted octanol–water partition coefficient (Wildman–Crippen LogP) is 1.76. The summed E-state index contributed by atoms with van der Waals surface area (Å²) >= 11 is 5.81. The van der Waals surface area contributed by atoms with Gasteiger partial charge in [0.2, 0.25) is 10.0 Å². The van der Waals surface area contributed by atoms with Gasteiger partial charge in [-0.1, -0.05) is 12.1 Å². The fraction of sp³-hybridized carbons (Fsp3) is 0.462. The van der Waals surface area contributed by atoms with Crippen molar-refractivity contribution in [2.45, 2.75) is 19.4 Å². The zero-order valence-corrected chi connectivity index (χ0v) is 12.9. The number of hydrogen-bond acceptors (Lipinski definition) is 3. The lowest BCUT2D eigenvalue weighted by atomic mass is 10.3. The first-order valence-corrected chi connectivity index (χ1v) is 8.88. The highest BCUT2D eigenvalue weighted by Gasteiger charge is 2.09. The quantitative estimate of drug-likeness (QED) is 0.625. The normalized spacial score (nSPS) is 12.1. The molecule has 0 aliphatic carbocycles. The standard InChI is InChI=1S/C13H18ClN3O2S/c1-20(18,19)15-9-4-10-17-12-6-3-2-5-11(12)16-13(17)7-8-14/h2-3,5-6,15H,4,7-10H2,1H3. The molecule has 7 heteroatoms. The largest absolute Gasteiger partial charge is 0.328 e. The lowest BCUT2D eigenvalue weighted by molar-refractivity contribution is 0.574. The molecule has 0 saturated carbocycles. The highest BCUT2D eigenvalue weighted by molar-refractivity contribution is 7.88. The Hall–Kier alpha value is -1.11. The molecule has 0 unspecified atom stereocenters. The minimum absolute atomic E-state index is 0.422. The second-order valence-electron chi connectivity index (χ2n) is 4.63. The number of nitrogens with one attached hydrogen (secondary N) is 1. The molecule has 0 radical (unpaired) electrons. The zero-order chi connectivity index (χ0) is 14.6. The molecular formula is C13H18ClN3O2S. The molecule has 0 aliphatic heterocycles. The molecule has 1 N–H and O–H groups in total. The fourth-order valence-electron chi connectivity index (χ4n) is 2.15. The summed E-state index contributed by atoms with van der Waals surface area (Å²) in [5, 5.41) is 0. The monoisotopic (exact) mass is 315 g/mol. The van der Waals surface area contributed by atoms with Crippen molar-refractivity contribution in [2.75, 3.05) is 18.7 Å². The number of nitrogens with zero attached hydrogens (tertiary/aromatic N) is 2. The summed E-state index contributed by atoms with van der Waals surface area (Å²) in [6.07, 6.45) is 2.58. The predicted molar refractivity (Wildman–Crippen MR) is 81.6 cm³/mol. The second-order valence-corrected chi connectivity index (χ2v) is 6.84. The van der Waals surface area contributed by atoms with E-state index < -0.39 is 10.0 Å². The summed E-state index contributed by atoms with van der Waals surface area (Å²) in [7, 11) is -3.12. The number of benzene rings is 1. The van der Waals surface area contributed by atoms with Crippen LogP contribution in [0.15, 0.2) is 24.3 Å². The Morgan fingerprint density at radius 1 is 1.35 bits per heavy atom. The Kier molecular flexibility index (Phi) is 5.01. The molecule has 0 spiro atoms. The molecule has 5 nitrogen and oxygen atoms in total. The maximum absolute atomic E-state index is 11.0. The van der Waals surface area contributed by atoms with Crippen molar-refractivity contribution in [1.82, 2.24) is 14.3 Å². The van der Waals surface area contributed by atoms with Crippen molar-refractivity contribution in [3.05, 3.63) is 30.1 Å². The molecule has 0 atom stereocenters. The van der Waals surface area contributed by atoms with E-state index in [1.807, 2.05) is 24.3 Å². The molecule has 0 aliphatic rings. The first kappa shape index (κ1) is 15.3. The molecule has 2 aromatic rings. The number of imidazole rings is 1. The summed E-state index contributed by atoms with van der Waals surface area (Å²) in [5.41, 5.74) is 2.01. The van der Waals surface area contributed by atoms with Crippen LogP contribution >= 0.6 is 11.6 Å². The van der Waals surface area contributed by atoms with E-state index in [4.69, 9.17) is 11.6 Å². The molecule has 20 heavy (non-hydrogen) atoms. The highest BCUT2D eigenvalue weighted by Crippen LogP contribution is 2.17. The summed E-state index contributed by atoms with van der Waals surface area (Å²) in [6.45, 7) is 1.14. The smallest absolute Gasteiger partial charge is 0.208 e. The van der Waals surface area contributed by atoms with Crippen LogP contribution in [-0.2, 0) is 23.0 Å². The second kappa shape index (κ2) is 6.56. The maximum atomic E-state index is 11.0. The minimum atomic E-state index is -3.12. The Morgan fingerprint density at radius 3 is 2.80 bits per heavy atom. The summed E-state index contributed by atoms with van der Waals surface area (Å²) < 4.78 is 26.7. The van der Waals surface area contributed by atoms with Crippen LogP contribution in [0.3, 0.4) is 0 Å². The van der Waals surface area contributed by atoms with E-state index in [9.17, 15) is 8.42 Å². The maximum Gasteiger partial charge on any atom is 0.208 e. The van der Waals surface area contributed by atoms with Gasteiger partial charge in [-0.05, 0) is 18.6 Å². The van der Waals surface area contributed by atoms with Crippen LogP contribution in [0.5, 0.6) is 0 Å². The van der Waals surface area contributed by atoms with Gasteiger partial charge in [0.1, 0.15) is 5.82 Å². The summed E-state index contributed by atoms with van der Waals surface area (Å²) in [5.74, 6) is 1.46. The van der Waals surface area contributed by atoms with E-state index in [1.165, 1.54) is 6.26 Å². The van der Waals surface area contributed by atoms with E-state index >= 15 is 0 Å². The molecule has 0 fully saturated rings. The van der Waals surface area contributed by atoms with Gasteiger partial charge in [-0.3, -0.25) is 0 Å². The molecular weight excluding hydrogens is 298 g/mol. The van der Waals surface area contributed by atoms with E-state index in [2.05, 4.69) is 14.3 Å². The number of aryl methyl sites for hydroxylation is 2. The van der Waals surface area contributed by atoms with Gasteiger partial charge in [0.15, 0.2) is 0 Å². The van der Waals surface area contributed by atoms with Crippen molar-refractivity contribution >= 4 is 32.7 Å². The van der Waals surface area contributed by atoms with Gasteiger partial charge < -0.3 is 4.57 Å². The van der Waals surface area contributed by atoms with Crippen LogP contribution in [0.25, 0.3) is 11.0 Å². The fourth-order valence-corrected chi connectivity index (χ4v) is 2.83. The number of aromatic nitrogens is 2. The highest BCUT2D eigenvalue weighted by atomic mass is 35.5. The van der Waals surface area contributed by atoms with Crippen LogP contribution in [-0.4, -0.2) is 36.6 Å². The van der Waals surface area contributed by atoms with Crippen molar-refractivity contribution in [2.24, 2.45) is 0 Å². The van der Waals surface area contributed by atoms with E-state index in [1.54, 1.807) is 0 Å². The van der Waals surface area contributed by atoms with Gasteiger partial charge in [0, 0.05) is 25.4 Å². The number of halogens is 1. The Labute approximate surface area is 124 Å².